The Kier molecular flexibility index (Phi) is 3.69. The Hall–Kier alpha value is -0.990. The summed E-state index contributed by atoms with van der Waals surface area (Å²) in [7, 11) is 0. The number of rotatable bonds is 2. The molecule has 0 bridgehead atoms. The molecule has 1 aromatic rings. The van der Waals surface area contributed by atoms with Crippen LogP contribution in [0.5, 0.6) is 0 Å². The molecular formula is C10H8Br2N2O4. The van der Waals surface area contributed by atoms with Gasteiger partial charge in [0.25, 0.3) is 5.69 Å². The summed E-state index contributed by atoms with van der Waals surface area (Å²) in [5.41, 5.74) is 0.423. The summed E-state index contributed by atoms with van der Waals surface area (Å²) in [6.07, 6.45) is -0.637. The van der Waals surface area contributed by atoms with Crippen LogP contribution in [0.3, 0.4) is 0 Å². The summed E-state index contributed by atoms with van der Waals surface area (Å²) in [5.74, 6) is -0.210. The molecule has 1 N–H and O–H groups in total. The molecule has 1 unspecified atom stereocenters. The molecular weight excluding hydrogens is 372 g/mol. The van der Waals surface area contributed by atoms with Gasteiger partial charge in [0.15, 0.2) is 0 Å². The van der Waals surface area contributed by atoms with Gasteiger partial charge < -0.3 is 10.0 Å². The minimum atomic E-state index is -0.702. The third kappa shape index (κ3) is 2.40. The predicted molar refractivity (Wildman–Crippen MR) is 71.5 cm³/mol. The van der Waals surface area contributed by atoms with Gasteiger partial charge in [0, 0.05) is 21.1 Å². The van der Waals surface area contributed by atoms with E-state index in [1.807, 2.05) is 0 Å². The van der Waals surface area contributed by atoms with E-state index < -0.39 is 11.0 Å². The molecule has 6 nitrogen and oxygen atoms in total. The number of nitro benzene ring substituents is 1. The topological polar surface area (TPSA) is 83.7 Å². The van der Waals surface area contributed by atoms with Crippen molar-refractivity contribution < 1.29 is 14.8 Å². The highest BCUT2D eigenvalue weighted by Gasteiger charge is 2.32. The molecule has 0 aromatic heterocycles. The maximum Gasteiger partial charge on any atom is 0.271 e. The molecule has 1 fully saturated rings. The van der Waals surface area contributed by atoms with Gasteiger partial charge in [-0.2, -0.15) is 0 Å². The fraction of sp³-hybridized carbons (Fsp3) is 0.300. The van der Waals surface area contributed by atoms with Crippen molar-refractivity contribution in [3.63, 3.8) is 0 Å². The first-order chi connectivity index (χ1) is 8.40. The Balaban J connectivity index is 2.46. The Morgan fingerprint density at radius 1 is 1.39 bits per heavy atom. The van der Waals surface area contributed by atoms with E-state index >= 15 is 0 Å². The molecule has 0 saturated carbocycles. The van der Waals surface area contributed by atoms with Gasteiger partial charge in [-0.3, -0.25) is 14.9 Å². The predicted octanol–water partition coefficient (Wildman–Crippen LogP) is 2.22. The zero-order valence-corrected chi connectivity index (χ0v) is 12.1. The first kappa shape index (κ1) is 13.4. The highest BCUT2D eigenvalue weighted by atomic mass is 79.9. The van der Waals surface area contributed by atoms with Crippen LogP contribution >= 0.6 is 31.9 Å². The summed E-state index contributed by atoms with van der Waals surface area (Å²) in [6, 6.07) is 2.66. The lowest BCUT2D eigenvalue weighted by atomic mass is 10.2. The van der Waals surface area contributed by atoms with Gasteiger partial charge in [0.1, 0.15) is 0 Å². The highest BCUT2D eigenvalue weighted by Crippen LogP contribution is 2.39. The number of nitro groups is 1. The fourth-order valence-electron chi connectivity index (χ4n) is 1.82. The average Bonchev–Trinajstić information content (AvgIpc) is 2.56. The third-order valence-electron chi connectivity index (χ3n) is 2.59. The van der Waals surface area contributed by atoms with Crippen LogP contribution in [0.15, 0.2) is 21.1 Å². The molecule has 0 spiro atoms. The summed E-state index contributed by atoms with van der Waals surface area (Å²) in [6.45, 7) is 0.188. The van der Waals surface area contributed by atoms with Crippen molar-refractivity contribution in [1.29, 1.82) is 0 Å². The van der Waals surface area contributed by atoms with Crippen LogP contribution in [0.2, 0.25) is 0 Å². The molecule has 96 valence electrons. The SMILES string of the molecule is O=C1CC(O)CN1c1c(Br)cc([N+](=O)[O-])cc1Br. The molecule has 1 heterocycles. The first-order valence-electron chi connectivity index (χ1n) is 5.02. The van der Waals surface area contributed by atoms with Crippen molar-refractivity contribution in [1.82, 2.24) is 0 Å². The zero-order valence-electron chi connectivity index (χ0n) is 8.97. The number of carbonyl (C=O) groups excluding carboxylic acids is 1. The van der Waals surface area contributed by atoms with Gasteiger partial charge >= 0.3 is 0 Å². The lowest BCUT2D eigenvalue weighted by Gasteiger charge is -2.19. The summed E-state index contributed by atoms with van der Waals surface area (Å²) >= 11 is 6.43. The number of β-amino-alcohol motifs (C(OH)–C–C–N with tert-alkyl or cyclic N) is 1. The van der Waals surface area contributed by atoms with Gasteiger partial charge in [-0.1, -0.05) is 0 Å². The van der Waals surface area contributed by atoms with Crippen molar-refractivity contribution >= 4 is 49.1 Å². The second-order valence-corrected chi connectivity index (χ2v) is 5.59. The molecule has 1 atom stereocenters. The minimum absolute atomic E-state index is 0.0653. The third-order valence-corrected chi connectivity index (χ3v) is 3.80. The standard InChI is InChI=1S/C10H8Br2N2O4/c11-7-1-5(14(17)18)2-8(12)10(7)13-4-6(15)3-9(13)16/h1-2,6,15H,3-4H2. The molecule has 1 amide bonds. The number of nitrogens with zero attached hydrogens (tertiary/aromatic N) is 2. The first-order valence-corrected chi connectivity index (χ1v) is 6.60. The van der Waals surface area contributed by atoms with E-state index in [9.17, 15) is 20.0 Å². The van der Waals surface area contributed by atoms with Crippen LogP contribution in [0.1, 0.15) is 6.42 Å². The summed E-state index contributed by atoms with van der Waals surface area (Å²) in [5, 5.41) is 20.2. The smallest absolute Gasteiger partial charge is 0.271 e. The van der Waals surface area contributed by atoms with E-state index in [0.29, 0.717) is 14.6 Å². The van der Waals surface area contributed by atoms with Crippen LogP contribution in [-0.2, 0) is 4.79 Å². The Labute approximate surface area is 119 Å². The lowest BCUT2D eigenvalue weighted by Crippen LogP contribution is -2.26. The van der Waals surface area contributed by atoms with Crippen LogP contribution in [0.25, 0.3) is 0 Å². The van der Waals surface area contributed by atoms with Crippen LogP contribution in [-0.4, -0.2) is 28.6 Å². The number of carbonyl (C=O) groups is 1. The number of halogens is 2. The molecule has 0 aliphatic carbocycles. The minimum Gasteiger partial charge on any atom is -0.391 e. The Bertz CT molecular complexity index is 512. The van der Waals surface area contributed by atoms with Crippen molar-refractivity contribution in [3.05, 3.63) is 31.2 Å². The normalized spacial score (nSPS) is 19.4. The molecule has 1 aliphatic heterocycles. The maximum atomic E-state index is 11.7. The Morgan fingerprint density at radius 2 is 1.94 bits per heavy atom. The summed E-state index contributed by atoms with van der Waals surface area (Å²) < 4.78 is 0.872. The molecule has 1 aromatic carbocycles. The van der Waals surface area contributed by atoms with Crippen molar-refractivity contribution in [2.75, 3.05) is 11.4 Å². The van der Waals surface area contributed by atoms with Gasteiger partial charge in [-0.25, -0.2) is 0 Å². The van der Waals surface area contributed by atoms with Crippen LogP contribution < -0.4 is 4.90 Å². The molecule has 18 heavy (non-hydrogen) atoms. The lowest BCUT2D eigenvalue weighted by molar-refractivity contribution is -0.385. The number of amides is 1. The number of hydrogen-bond acceptors (Lipinski definition) is 4. The molecule has 2 rings (SSSR count). The van der Waals surface area contributed by atoms with Crippen molar-refractivity contribution in [2.24, 2.45) is 0 Å². The van der Waals surface area contributed by atoms with Crippen LogP contribution in [0, 0.1) is 10.1 Å². The average molecular weight is 380 g/mol. The van der Waals surface area contributed by atoms with E-state index in [1.54, 1.807) is 0 Å². The van der Waals surface area contributed by atoms with Crippen molar-refractivity contribution in [2.45, 2.75) is 12.5 Å². The van der Waals surface area contributed by atoms with E-state index in [2.05, 4.69) is 31.9 Å². The zero-order chi connectivity index (χ0) is 13.4. The number of aliphatic hydroxyl groups is 1. The largest absolute Gasteiger partial charge is 0.391 e. The van der Waals surface area contributed by atoms with Crippen molar-refractivity contribution in [3.8, 4) is 0 Å². The van der Waals surface area contributed by atoms with Gasteiger partial charge in [0.2, 0.25) is 5.91 Å². The maximum absolute atomic E-state index is 11.7. The quantitative estimate of drug-likeness (QED) is 0.630. The molecule has 1 aliphatic rings. The van der Waals surface area contributed by atoms with E-state index in [1.165, 1.54) is 17.0 Å². The van der Waals surface area contributed by atoms with Gasteiger partial charge in [-0.05, 0) is 31.9 Å². The molecule has 1 saturated heterocycles. The second-order valence-electron chi connectivity index (χ2n) is 3.88. The van der Waals surface area contributed by atoms with E-state index in [0.717, 1.165) is 0 Å². The van der Waals surface area contributed by atoms with E-state index in [-0.39, 0.29) is 24.6 Å². The number of hydrogen-bond donors (Lipinski definition) is 1. The molecule has 8 heteroatoms. The van der Waals surface area contributed by atoms with Gasteiger partial charge in [-0.15, -0.1) is 0 Å². The highest BCUT2D eigenvalue weighted by molar-refractivity contribution is 9.11. The summed E-state index contributed by atoms with van der Waals surface area (Å²) in [4.78, 5) is 23.3. The molecule has 0 radical (unpaired) electrons. The van der Waals surface area contributed by atoms with Gasteiger partial charge in [0.05, 0.1) is 29.7 Å². The second kappa shape index (κ2) is 4.94. The monoisotopic (exact) mass is 378 g/mol. The van der Waals surface area contributed by atoms with E-state index in [4.69, 9.17) is 0 Å². The number of anilines is 1. The Morgan fingerprint density at radius 3 is 2.33 bits per heavy atom. The fourth-order valence-corrected chi connectivity index (χ4v) is 3.41. The van der Waals surface area contributed by atoms with Crippen LogP contribution in [0.4, 0.5) is 11.4 Å². The number of benzene rings is 1. The number of non-ortho nitro benzene ring substituents is 1. The number of aliphatic hydroxyl groups excluding tert-OH is 1.